The minimum atomic E-state index is -0.583. The molecule has 0 saturated carbocycles. The van der Waals surface area contributed by atoms with Gasteiger partial charge in [-0.15, -0.1) is 0 Å². The first-order valence-electron chi connectivity index (χ1n) is 10.3. The molecule has 3 aromatic heterocycles. The Morgan fingerprint density at radius 1 is 0.967 bits per heavy atom. The summed E-state index contributed by atoms with van der Waals surface area (Å²) in [6.07, 6.45) is 3.43. The van der Waals surface area contributed by atoms with Gasteiger partial charge < -0.3 is 0 Å². The second-order valence-electron chi connectivity index (χ2n) is 8.33. The molecule has 1 fully saturated rings. The average molecular weight is 404 g/mol. The summed E-state index contributed by atoms with van der Waals surface area (Å²) in [6.45, 7) is 5.27. The minimum Gasteiger partial charge on any atom is -0.296 e. The molecule has 1 atom stereocenters. The van der Waals surface area contributed by atoms with Crippen LogP contribution < -0.4 is 11.1 Å². The van der Waals surface area contributed by atoms with Crippen LogP contribution in [0.4, 0.5) is 0 Å². The molecule has 0 aliphatic carbocycles. The molecular weight excluding hydrogens is 380 g/mol. The molecule has 3 aromatic rings. The van der Waals surface area contributed by atoms with E-state index < -0.39 is 11.1 Å². The highest BCUT2D eigenvalue weighted by Crippen LogP contribution is 2.40. The average Bonchev–Trinajstić information content (AvgIpc) is 3.31. The molecule has 0 radical (unpaired) electrons. The van der Waals surface area contributed by atoms with Gasteiger partial charge in [0.25, 0.3) is 0 Å². The maximum Gasteiger partial charge on any atom is 0.332 e. The largest absolute Gasteiger partial charge is 0.332 e. The van der Waals surface area contributed by atoms with E-state index >= 15 is 0 Å². The van der Waals surface area contributed by atoms with E-state index in [1.165, 1.54) is 4.68 Å². The van der Waals surface area contributed by atoms with Crippen LogP contribution in [0.15, 0.2) is 52.2 Å². The normalized spacial score (nSPS) is 20.7. The van der Waals surface area contributed by atoms with Crippen LogP contribution in [0.25, 0.3) is 0 Å². The molecule has 0 bridgehead atoms. The fourth-order valence-corrected chi connectivity index (χ4v) is 4.72. The van der Waals surface area contributed by atoms with Crippen LogP contribution in [-0.2, 0) is 25.0 Å². The van der Waals surface area contributed by atoms with Gasteiger partial charge in [-0.2, -0.15) is 5.10 Å². The van der Waals surface area contributed by atoms with Crippen LogP contribution in [-0.4, -0.2) is 42.3 Å². The minimum absolute atomic E-state index is 0.192. The van der Waals surface area contributed by atoms with E-state index in [2.05, 4.69) is 20.0 Å². The van der Waals surface area contributed by atoms with E-state index in [-0.39, 0.29) is 12.0 Å². The van der Waals surface area contributed by atoms with Crippen molar-refractivity contribution >= 4 is 0 Å². The summed E-state index contributed by atoms with van der Waals surface area (Å²) in [7, 11) is 0. The molecule has 0 N–H and O–H groups in total. The Balaban J connectivity index is 1.45. The summed E-state index contributed by atoms with van der Waals surface area (Å²) in [6, 6.07) is 11.6. The molecule has 5 rings (SSSR count). The summed E-state index contributed by atoms with van der Waals surface area (Å²) in [5.41, 5.74) is 1.52. The lowest BCUT2D eigenvalue weighted by Gasteiger charge is -2.23. The van der Waals surface area contributed by atoms with Crippen molar-refractivity contribution in [1.82, 2.24) is 29.2 Å². The fourth-order valence-electron chi connectivity index (χ4n) is 4.72. The summed E-state index contributed by atoms with van der Waals surface area (Å²) < 4.78 is 2.88. The van der Waals surface area contributed by atoms with Crippen LogP contribution in [0.5, 0.6) is 0 Å². The molecule has 30 heavy (non-hydrogen) atoms. The number of aryl methyl sites for hydroxylation is 1. The fraction of sp³-hybridized carbons (Fsp3) is 0.409. The van der Waals surface area contributed by atoms with Gasteiger partial charge in [0.15, 0.2) is 0 Å². The second kappa shape index (κ2) is 7.28. The first-order valence-corrected chi connectivity index (χ1v) is 10.3. The molecule has 5 heterocycles. The Morgan fingerprint density at radius 2 is 1.80 bits per heavy atom. The zero-order chi connectivity index (χ0) is 20.7. The summed E-state index contributed by atoms with van der Waals surface area (Å²) in [4.78, 5) is 36.6. The predicted octanol–water partition coefficient (Wildman–Crippen LogP) is 1.10. The number of aromatic nitrogens is 5. The molecule has 0 unspecified atom stereocenters. The topological polar surface area (TPSA) is 85.9 Å². The van der Waals surface area contributed by atoms with Crippen LogP contribution in [0, 0.1) is 6.92 Å². The number of hydrogen-bond acceptors (Lipinski definition) is 6. The standard InChI is InChI=1S/C22H24N6O2/c1-16-5-4-7-18(24-16)13-26-11-8-22(15-26)9-12-27-19(29)20(30)28(25-21(22)27)14-17-6-2-3-10-23-17/h2-7,10H,8-9,11-15H2,1H3/t22-/m1/s1. The molecule has 0 aromatic carbocycles. The summed E-state index contributed by atoms with van der Waals surface area (Å²) in [5, 5.41) is 4.68. The Kier molecular flexibility index (Phi) is 4.58. The van der Waals surface area contributed by atoms with Gasteiger partial charge in [0.2, 0.25) is 0 Å². The lowest BCUT2D eigenvalue weighted by atomic mass is 9.85. The molecule has 8 nitrogen and oxygen atoms in total. The van der Waals surface area contributed by atoms with Crippen molar-refractivity contribution in [3.63, 3.8) is 0 Å². The first kappa shape index (κ1) is 18.9. The maximum atomic E-state index is 12.8. The highest BCUT2D eigenvalue weighted by atomic mass is 16.2. The third-order valence-electron chi connectivity index (χ3n) is 6.22. The molecule has 2 aliphatic heterocycles. The van der Waals surface area contributed by atoms with Gasteiger partial charge in [0.05, 0.1) is 17.9 Å². The summed E-state index contributed by atoms with van der Waals surface area (Å²) >= 11 is 0. The number of fused-ring (bicyclic) bond motifs is 2. The quantitative estimate of drug-likeness (QED) is 0.606. The Hall–Kier alpha value is -3.13. The third kappa shape index (κ3) is 3.27. The Labute approximate surface area is 173 Å². The van der Waals surface area contributed by atoms with Crippen molar-refractivity contribution in [2.75, 3.05) is 13.1 Å². The molecule has 1 spiro atoms. The van der Waals surface area contributed by atoms with E-state index in [0.29, 0.717) is 12.2 Å². The van der Waals surface area contributed by atoms with Crippen LogP contribution >= 0.6 is 0 Å². The van der Waals surface area contributed by atoms with Crippen molar-refractivity contribution in [3.8, 4) is 0 Å². The van der Waals surface area contributed by atoms with E-state index in [9.17, 15) is 9.59 Å². The number of hydrogen-bond donors (Lipinski definition) is 0. The zero-order valence-corrected chi connectivity index (χ0v) is 17.0. The van der Waals surface area contributed by atoms with Crippen molar-refractivity contribution < 1.29 is 0 Å². The van der Waals surface area contributed by atoms with Gasteiger partial charge in [0, 0.05) is 36.9 Å². The SMILES string of the molecule is Cc1cccc(CN2CC[C@@]3(CCn4c3nn(Cc3ccccn3)c(=O)c4=O)C2)n1. The predicted molar refractivity (Wildman–Crippen MR) is 111 cm³/mol. The van der Waals surface area contributed by atoms with Gasteiger partial charge in [-0.3, -0.25) is 29.0 Å². The van der Waals surface area contributed by atoms with Crippen LogP contribution in [0.3, 0.4) is 0 Å². The number of rotatable bonds is 4. The molecular formula is C22H24N6O2. The number of nitrogens with zero attached hydrogens (tertiary/aromatic N) is 6. The highest BCUT2D eigenvalue weighted by Gasteiger charge is 2.47. The molecule has 8 heteroatoms. The van der Waals surface area contributed by atoms with Gasteiger partial charge in [-0.05, 0) is 50.6 Å². The lowest BCUT2D eigenvalue weighted by Crippen LogP contribution is -2.45. The summed E-state index contributed by atoms with van der Waals surface area (Å²) in [5.74, 6) is 0.739. The van der Waals surface area contributed by atoms with Crippen LogP contribution in [0.1, 0.15) is 35.7 Å². The molecule has 1 saturated heterocycles. The van der Waals surface area contributed by atoms with Gasteiger partial charge >= 0.3 is 11.1 Å². The molecule has 0 amide bonds. The maximum absolute atomic E-state index is 12.8. The van der Waals surface area contributed by atoms with Gasteiger partial charge in [-0.1, -0.05) is 12.1 Å². The zero-order valence-electron chi connectivity index (χ0n) is 17.0. The Morgan fingerprint density at radius 3 is 2.60 bits per heavy atom. The number of likely N-dealkylation sites (tertiary alicyclic amines) is 1. The van der Waals surface area contributed by atoms with E-state index in [1.54, 1.807) is 10.8 Å². The van der Waals surface area contributed by atoms with Crippen molar-refractivity contribution in [1.29, 1.82) is 0 Å². The van der Waals surface area contributed by atoms with E-state index in [0.717, 1.165) is 49.7 Å². The van der Waals surface area contributed by atoms with Crippen molar-refractivity contribution in [3.05, 3.63) is 86.2 Å². The molecule has 154 valence electrons. The highest BCUT2D eigenvalue weighted by molar-refractivity contribution is 5.19. The van der Waals surface area contributed by atoms with Crippen molar-refractivity contribution in [2.45, 2.75) is 44.8 Å². The van der Waals surface area contributed by atoms with Crippen molar-refractivity contribution in [2.24, 2.45) is 0 Å². The Bertz CT molecular complexity index is 1200. The smallest absolute Gasteiger partial charge is 0.296 e. The number of pyridine rings is 2. The second-order valence-corrected chi connectivity index (χ2v) is 8.33. The third-order valence-corrected chi connectivity index (χ3v) is 6.22. The van der Waals surface area contributed by atoms with Gasteiger partial charge in [0.1, 0.15) is 5.82 Å². The van der Waals surface area contributed by atoms with Crippen LogP contribution in [0.2, 0.25) is 0 Å². The van der Waals surface area contributed by atoms with E-state index in [1.807, 2.05) is 43.3 Å². The first-order chi connectivity index (χ1) is 14.5. The van der Waals surface area contributed by atoms with E-state index in [4.69, 9.17) is 0 Å². The monoisotopic (exact) mass is 404 g/mol. The molecule has 2 aliphatic rings. The van der Waals surface area contributed by atoms with Gasteiger partial charge in [-0.25, -0.2) is 4.68 Å². The lowest BCUT2D eigenvalue weighted by molar-refractivity contribution is 0.294.